The number of carbonyl (C=O) groups is 4. The molecule has 1 saturated carbocycles. The first kappa shape index (κ1) is 22.7. The van der Waals surface area contributed by atoms with Gasteiger partial charge in [0.2, 0.25) is 11.8 Å². The lowest BCUT2D eigenvalue weighted by Crippen LogP contribution is -2.30. The largest absolute Gasteiger partial charge is 0.452 e. The van der Waals surface area contributed by atoms with Gasteiger partial charge in [0.1, 0.15) is 0 Å². The molecule has 7 nitrogen and oxygen atoms in total. The Morgan fingerprint density at radius 3 is 2.27 bits per heavy atom. The quantitative estimate of drug-likeness (QED) is 0.551. The van der Waals surface area contributed by atoms with Crippen LogP contribution in [0.5, 0.6) is 0 Å². The van der Waals surface area contributed by atoms with Crippen molar-refractivity contribution >= 4 is 35.1 Å². The number of aryl methyl sites for hydroxylation is 2. The lowest BCUT2D eigenvalue weighted by molar-refractivity contribution is -0.122. The maximum absolute atomic E-state index is 12.9. The van der Waals surface area contributed by atoms with Crippen LogP contribution >= 0.6 is 0 Å². The van der Waals surface area contributed by atoms with Gasteiger partial charge in [-0.1, -0.05) is 25.1 Å². The maximum atomic E-state index is 12.9. The van der Waals surface area contributed by atoms with Gasteiger partial charge in [-0.25, -0.2) is 4.79 Å². The van der Waals surface area contributed by atoms with Gasteiger partial charge in [0.25, 0.3) is 5.91 Å². The number of carbonyl (C=O) groups excluding carboxylic acids is 4. The fourth-order valence-electron chi connectivity index (χ4n) is 4.79. The molecule has 2 aromatic rings. The smallest absolute Gasteiger partial charge is 0.338 e. The van der Waals surface area contributed by atoms with Crippen molar-refractivity contribution in [1.82, 2.24) is 0 Å². The average molecular weight is 449 g/mol. The van der Waals surface area contributed by atoms with E-state index in [4.69, 9.17) is 4.74 Å². The molecule has 1 aliphatic carbocycles. The van der Waals surface area contributed by atoms with Crippen LogP contribution in [0.3, 0.4) is 0 Å². The summed E-state index contributed by atoms with van der Waals surface area (Å²) in [5.41, 5.74) is 3.24. The molecule has 1 saturated heterocycles. The number of fused-ring (bicyclic) bond motifs is 1. The fraction of sp³-hybridized carbons (Fsp3) is 0.385. The third kappa shape index (κ3) is 4.53. The normalized spacial score (nSPS) is 22.2. The predicted molar refractivity (Wildman–Crippen MR) is 124 cm³/mol. The minimum absolute atomic E-state index is 0.157. The Balaban J connectivity index is 1.37. The highest BCUT2D eigenvalue weighted by Crippen LogP contribution is 2.42. The van der Waals surface area contributed by atoms with E-state index in [0.29, 0.717) is 17.3 Å². The van der Waals surface area contributed by atoms with Crippen molar-refractivity contribution in [3.05, 3.63) is 59.2 Å². The van der Waals surface area contributed by atoms with Gasteiger partial charge in [-0.2, -0.15) is 0 Å². The summed E-state index contributed by atoms with van der Waals surface area (Å²) in [6, 6.07) is 11.8. The van der Waals surface area contributed by atoms with E-state index in [9.17, 15) is 19.2 Å². The highest BCUT2D eigenvalue weighted by Gasteiger charge is 2.49. The van der Waals surface area contributed by atoms with Crippen LogP contribution in [0.2, 0.25) is 0 Å². The Hall–Kier alpha value is -3.48. The van der Waals surface area contributed by atoms with Gasteiger partial charge < -0.3 is 10.1 Å². The van der Waals surface area contributed by atoms with Gasteiger partial charge in [0.05, 0.1) is 23.1 Å². The van der Waals surface area contributed by atoms with Crippen molar-refractivity contribution in [3.8, 4) is 0 Å². The summed E-state index contributed by atoms with van der Waals surface area (Å²) >= 11 is 0. The lowest BCUT2D eigenvalue weighted by atomic mass is 9.76. The number of nitrogens with zero attached hydrogens (tertiary/aromatic N) is 1. The molecule has 0 bridgehead atoms. The van der Waals surface area contributed by atoms with Crippen LogP contribution in [-0.2, 0) is 19.1 Å². The molecule has 0 aromatic heterocycles. The summed E-state index contributed by atoms with van der Waals surface area (Å²) in [5.74, 6) is -1.45. The van der Waals surface area contributed by atoms with E-state index in [1.165, 1.54) is 17.0 Å². The van der Waals surface area contributed by atoms with Gasteiger partial charge in [-0.05, 0) is 74.4 Å². The number of hydrogen-bond donors (Lipinski definition) is 1. The molecular formula is C26H28N2O5. The number of ether oxygens (including phenoxy) is 1. The third-order valence-electron chi connectivity index (χ3n) is 6.63. The molecule has 3 amide bonds. The van der Waals surface area contributed by atoms with E-state index in [1.54, 1.807) is 12.1 Å². The minimum atomic E-state index is -0.653. The van der Waals surface area contributed by atoms with E-state index in [-0.39, 0.29) is 29.2 Å². The highest BCUT2D eigenvalue weighted by molar-refractivity contribution is 6.22. The topological polar surface area (TPSA) is 92.8 Å². The molecular weight excluding hydrogens is 420 g/mol. The number of amides is 3. The molecule has 1 aliphatic heterocycles. The fourth-order valence-corrected chi connectivity index (χ4v) is 4.79. The molecule has 1 N–H and O–H groups in total. The van der Waals surface area contributed by atoms with E-state index in [0.717, 1.165) is 30.4 Å². The molecule has 0 unspecified atom stereocenters. The molecule has 2 fully saturated rings. The molecule has 1 heterocycles. The van der Waals surface area contributed by atoms with E-state index < -0.39 is 18.5 Å². The van der Waals surface area contributed by atoms with E-state index in [1.807, 2.05) is 32.0 Å². The Bertz CT molecular complexity index is 1090. The molecule has 3 atom stereocenters. The van der Waals surface area contributed by atoms with Crippen LogP contribution < -0.4 is 10.2 Å². The molecule has 0 radical (unpaired) electrons. The maximum Gasteiger partial charge on any atom is 0.338 e. The Morgan fingerprint density at radius 2 is 1.61 bits per heavy atom. The first-order chi connectivity index (χ1) is 15.8. The van der Waals surface area contributed by atoms with E-state index >= 15 is 0 Å². The third-order valence-corrected chi connectivity index (χ3v) is 6.63. The van der Waals surface area contributed by atoms with Crippen molar-refractivity contribution in [2.45, 2.75) is 40.0 Å². The number of para-hydroxylation sites is 1. The zero-order chi connectivity index (χ0) is 23.7. The molecule has 0 spiro atoms. The first-order valence-corrected chi connectivity index (χ1v) is 11.3. The van der Waals surface area contributed by atoms with Gasteiger partial charge in [-0.15, -0.1) is 0 Å². The van der Waals surface area contributed by atoms with Crippen molar-refractivity contribution in [1.29, 1.82) is 0 Å². The zero-order valence-corrected chi connectivity index (χ0v) is 19.1. The number of esters is 1. The number of hydrogen-bond acceptors (Lipinski definition) is 5. The highest BCUT2D eigenvalue weighted by atomic mass is 16.5. The van der Waals surface area contributed by atoms with Crippen LogP contribution in [0, 0.1) is 31.6 Å². The monoisotopic (exact) mass is 448 g/mol. The zero-order valence-electron chi connectivity index (χ0n) is 19.1. The second kappa shape index (κ2) is 9.17. The number of rotatable bonds is 5. The minimum Gasteiger partial charge on any atom is -0.452 e. The molecule has 172 valence electrons. The second-order valence-electron chi connectivity index (χ2n) is 9.08. The van der Waals surface area contributed by atoms with Gasteiger partial charge >= 0.3 is 5.97 Å². The summed E-state index contributed by atoms with van der Waals surface area (Å²) in [7, 11) is 0. The summed E-state index contributed by atoms with van der Waals surface area (Å²) < 4.78 is 5.14. The molecule has 2 aliphatic rings. The summed E-state index contributed by atoms with van der Waals surface area (Å²) in [6.45, 7) is 5.47. The second-order valence-corrected chi connectivity index (χ2v) is 9.08. The van der Waals surface area contributed by atoms with Crippen LogP contribution in [0.1, 0.15) is 47.7 Å². The summed E-state index contributed by atoms with van der Waals surface area (Å²) in [4.78, 5) is 51.5. The number of nitrogens with one attached hydrogen (secondary N) is 1. The van der Waals surface area contributed by atoms with Gasteiger partial charge in [0, 0.05) is 5.69 Å². The Morgan fingerprint density at radius 1 is 0.970 bits per heavy atom. The van der Waals surface area contributed by atoms with Crippen molar-refractivity contribution in [2.24, 2.45) is 17.8 Å². The number of anilines is 2. The van der Waals surface area contributed by atoms with Crippen molar-refractivity contribution in [2.75, 3.05) is 16.8 Å². The number of imide groups is 1. The van der Waals surface area contributed by atoms with Crippen LogP contribution in [0.15, 0.2) is 42.5 Å². The van der Waals surface area contributed by atoms with Crippen LogP contribution in [0.25, 0.3) is 0 Å². The lowest BCUT2D eigenvalue weighted by Gasteiger charge is -2.25. The predicted octanol–water partition coefficient (Wildman–Crippen LogP) is 4.02. The van der Waals surface area contributed by atoms with Gasteiger partial charge in [0.15, 0.2) is 6.61 Å². The molecule has 4 rings (SSSR count). The van der Waals surface area contributed by atoms with Crippen molar-refractivity contribution < 1.29 is 23.9 Å². The van der Waals surface area contributed by atoms with Crippen LogP contribution in [-0.4, -0.2) is 30.3 Å². The SMILES string of the molecule is Cc1cccc(C)c1NC(=O)COC(=O)c1ccc(N2C(=O)[C@@H]3CC[C@H](C)C[C@H]3C2=O)cc1. The number of benzene rings is 2. The summed E-state index contributed by atoms with van der Waals surface area (Å²) in [6.07, 6.45) is 2.43. The standard InChI is InChI=1S/C26H28N2O5/c1-15-7-12-20-21(13-15)25(31)28(24(20)30)19-10-8-18(9-11-19)26(32)33-14-22(29)27-23-16(2)5-4-6-17(23)3/h4-6,8-11,15,20-21H,7,12-14H2,1-3H3,(H,27,29)/t15-,20+,21+/m0/s1. The first-order valence-electron chi connectivity index (χ1n) is 11.3. The molecule has 7 heteroatoms. The van der Waals surface area contributed by atoms with E-state index in [2.05, 4.69) is 12.2 Å². The average Bonchev–Trinajstić information content (AvgIpc) is 3.04. The van der Waals surface area contributed by atoms with Gasteiger partial charge in [-0.3, -0.25) is 19.3 Å². The Labute approximate surface area is 193 Å². The van der Waals surface area contributed by atoms with Crippen molar-refractivity contribution in [3.63, 3.8) is 0 Å². The van der Waals surface area contributed by atoms with Crippen LogP contribution in [0.4, 0.5) is 11.4 Å². The molecule has 33 heavy (non-hydrogen) atoms. The molecule has 2 aromatic carbocycles. The summed E-state index contributed by atoms with van der Waals surface area (Å²) in [5, 5.41) is 2.77. The Kier molecular flexibility index (Phi) is 6.31.